The first-order valence-electron chi connectivity index (χ1n) is 8.00. The number of hydrogen-bond acceptors (Lipinski definition) is 4. The number of imidazole rings is 1. The monoisotopic (exact) mass is 316 g/mol. The molecule has 2 aromatic rings. The second-order valence-corrected chi connectivity index (χ2v) is 6.20. The summed E-state index contributed by atoms with van der Waals surface area (Å²) in [6, 6.07) is 1.64. The molecule has 23 heavy (non-hydrogen) atoms. The quantitative estimate of drug-likeness (QED) is 0.916. The van der Waals surface area contributed by atoms with Gasteiger partial charge in [-0.05, 0) is 26.8 Å². The van der Waals surface area contributed by atoms with E-state index in [4.69, 9.17) is 0 Å². The van der Waals surface area contributed by atoms with Gasteiger partial charge >= 0.3 is 0 Å². The normalized spacial score (nSPS) is 19.8. The predicted octanol–water partition coefficient (Wildman–Crippen LogP) is 0.968. The van der Waals surface area contributed by atoms with Crippen LogP contribution in [-0.2, 0) is 11.8 Å². The van der Waals surface area contributed by atoms with Crippen LogP contribution in [0.4, 0.5) is 0 Å². The lowest BCUT2D eigenvalue weighted by atomic mass is 10.1. The summed E-state index contributed by atoms with van der Waals surface area (Å²) in [5.41, 5.74) is 1.94. The molecule has 1 N–H and O–H groups in total. The topological polar surface area (TPSA) is 68.0 Å². The Morgan fingerprint density at radius 2 is 2.22 bits per heavy atom. The molecule has 0 aromatic carbocycles. The Hall–Kier alpha value is -2.15. The summed E-state index contributed by atoms with van der Waals surface area (Å²) in [6.45, 7) is 8.05. The molecule has 1 fully saturated rings. The average molecular weight is 316 g/mol. The summed E-state index contributed by atoms with van der Waals surface area (Å²) in [5, 5.41) is 7.82. The number of nitrogens with zero attached hydrogens (tertiary/aromatic N) is 5. The van der Waals surface area contributed by atoms with E-state index in [-0.39, 0.29) is 18.0 Å². The minimum atomic E-state index is -0.315. The van der Waals surface area contributed by atoms with Crippen LogP contribution in [0.25, 0.3) is 0 Å². The van der Waals surface area contributed by atoms with Crippen LogP contribution >= 0.6 is 0 Å². The number of nitrogens with one attached hydrogen (secondary N) is 1. The zero-order chi connectivity index (χ0) is 16.6. The highest BCUT2D eigenvalue weighted by Gasteiger charge is 2.33. The first-order chi connectivity index (χ1) is 11.0. The minimum Gasteiger partial charge on any atom is -0.336 e. The highest BCUT2D eigenvalue weighted by molar-refractivity contribution is 5.80. The van der Waals surface area contributed by atoms with E-state index in [1.54, 1.807) is 6.20 Å². The lowest BCUT2D eigenvalue weighted by molar-refractivity contribution is -0.138. The molecule has 0 radical (unpaired) electrons. The van der Waals surface area contributed by atoms with E-state index in [0.29, 0.717) is 6.54 Å². The van der Waals surface area contributed by atoms with Gasteiger partial charge in [-0.25, -0.2) is 4.98 Å². The molecule has 1 saturated heterocycles. The van der Waals surface area contributed by atoms with Crippen molar-refractivity contribution in [1.29, 1.82) is 0 Å². The van der Waals surface area contributed by atoms with Crippen LogP contribution < -0.4 is 5.32 Å². The van der Waals surface area contributed by atoms with Crippen molar-refractivity contribution < 1.29 is 4.79 Å². The van der Waals surface area contributed by atoms with E-state index < -0.39 is 0 Å². The lowest BCUT2D eigenvalue weighted by Gasteiger charge is -2.37. The Kier molecular flexibility index (Phi) is 4.21. The molecular formula is C16H24N6O. The van der Waals surface area contributed by atoms with Crippen molar-refractivity contribution in [3.63, 3.8) is 0 Å². The molecule has 2 atom stereocenters. The van der Waals surface area contributed by atoms with Crippen LogP contribution in [-0.4, -0.2) is 49.8 Å². The number of carbonyl (C=O) groups is 1. The molecule has 7 nitrogen and oxygen atoms in total. The standard InChI is InChI=1S/C16H24N6O/c1-11-9-12(2)22(19-11)13(3)16(23)21-8-5-17-10-14(21)15-18-6-7-20(15)4/h6-7,9,13-14,17H,5,8,10H2,1-4H3. The predicted molar refractivity (Wildman–Crippen MR) is 86.9 cm³/mol. The lowest BCUT2D eigenvalue weighted by Crippen LogP contribution is -2.51. The minimum absolute atomic E-state index is 0.0457. The number of piperazine rings is 1. The van der Waals surface area contributed by atoms with E-state index >= 15 is 0 Å². The van der Waals surface area contributed by atoms with Gasteiger partial charge in [0.2, 0.25) is 5.91 Å². The van der Waals surface area contributed by atoms with E-state index in [1.807, 2.05) is 54.2 Å². The van der Waals surface area contributed by atoms with Crippen LogP contribution in [0.3, 0.4) is 0 Å². The largest absolute Gasteiger partial charge is 0.336 e. The molecule has 0 bridgehead atoms. The van der Waals surface area contributed by atoms with Crippen molar-refractivity contribution in [1.82, 2.24) is 29.5 Å². The fraction of sp³-hybridized carbons (Fsp3) is 0.562. The van der Waals surface area contributed by atoms with Crippen molar-refractivity contribution in [3.8, 4) is 0 Å². The molecule has 2 aromatic heterocycles. The van der Waals surface area contributed by atoms with Gasteiger partial charge in [-0.3, -0.25) is 9.48 Å². The molecule has 3 rings (SSSR count). The Labute approximate surface area is 136 Å². The van der Waals surface area contributed by atoms with Gasteiger partial charge in [-0.2, -0.15) is 5.10 Å². The molecule has 2 unspecified atom stereocenters. The summed E-state index contributed by atoms with van der Waals surface area (Å²) < 4.78 is 3.79. The van der Waals surface area contributed by atoms with E-state index in [1.165, 1.54) is 0 Å². The highest BCUT2D eigenvalue weighted by Crippen LogP contribution is 2.24. The zero-order valence-electron chi connectivity index (χ0n) is 14.2. The summed E-state index contributed by atoms with van der Waals surface area (Å²) in [7, 11) is 1.96. The number of amides is 1. The van der Waals surface area contributed by atoms with Gasteiger partial charge < -0.3 is 14.8 Å². The Morgan fingerprint density at radius 1 is 1.43 bits per heavy atom. The van der Waals surface area contributed by atoms with Crippen LogP contribution in [0.15, 0.2) is 18.5 Å². The Morgan fingerprint density at radius 3 is 2.83 bits per heavy atom. The van der Waals surface area contributed by atoms with E-state index in [9.17, 15) is 4.79 Å². The number of aryl methyl sites for hydroxylation is 3. The van der Waals surface area contributed by atoms with Gasteiger partial charge in [0.1, 0.15) is 17.9 Å². The van der Waals surface area contributed by atoms with E-state index in [2.05, 4.69) is 15.4 Å². The zero-order valence-corrected chi connectivity index (χ0v) is 14.2. The van der Waals surface area contributed by atoms with Crippen molar-refractivity contribution in [2.45, 2.75) is 32.9 Å². The van der Waals surface area contributed by atoms with Crippen molar-refractivity contribution in [3.05, 3.63) is 35.7 Å². The number of aromatic nitrogens is 4. The first kappa shape index (κ1) is 15.7. The fourth-order valence-electron chi connectivity index (χ4n) is 3.28. The fourth-order valence-corrected chi connectivity index (χ4v) is 3.28. The molecule has 3 heterocycles. The third kappa shape index (κ3) is 2.88. The third-order valence-electron chi connectivity index (χ3n) is 4.45. The molecule has 1 amide bonds. The highest BCUT2D eigenvalue weighted by atomic mass is 16.2. The summed E-state index contributed by atoms with van der Waals surface area (Å²) in [4.78, 5) is 19.4. The molecule has 7 heteroatoms. The van der Waals surface area contributed by atoms with Crippen LogP contribution in [0.1, 0.15) is 36.2 Å². The summed E-state index contributed by atoms with van der Waals surface area (Å²) in [6.07, 6.45) is 3.69. The molecule has 1 aliphatic heterocycles. The first-order valence-corrected chi connectivity index (χ1v) is 8.00. The smallest absolute Gasteiger partial charge is 0.247 e. The van der Waals surface area contributed by atoms with Crippen molar-refractivity contribution >= 4 is 5.91 Å². The third-order valence-corrected chi connectivity index (χ3v) is 4.45. The molecule has 0 spiro atoms. The van der Waals surface area contributed by atoms with Gasteiger partial charge in [0.25, 0.3) is 0 Å². The molecular weight excluding hydrogens is 292 g/mol. The maximum atomic E-state index is 13.1. The van der Waals surface area contributed by atoms with Gasteiger partial charge in [0, 0.05) is 44.8 Å². The SMILES string of the molecule is Cc1cc(C)n(C(C)C(=O)N2CCNCC2c2nccn2C)n1. The van der Waals surface area contributed by atoms with Gasteiger partial charge in [-0.1, -0.05) is 0 Å². The average Bonchev–Trinajstić information content (AvgIpc) is 3.11. The van der Waals surface area contributed by atoms with E-state index in [0.717, 1.165) is 30.3 Å². The van der Waals surface area contributed by atoms with Gasteiger partial charge in [0.15, 0.2) is 0 Å². The van der Waals surface area contributed by atoms with Crippen molar-refractivity contribution in [2.75, 3.05) is 19.6 Å². The second kappa shape index (κ2) is 6.16. The molecule has 0 aliphatic carbocycles. The second-order valence-electron chi connectivity index (χ2n) is 6.20. The number of rotatable bonds is 3. The molecule has 0 saturated carbocycles. The van der Waals surface area contributed by atoms with Crippen LogP contribution in [0, 0.1) is 13.8 Å². The van der Waals surface area contributed by atoms with Crippen LogP contribution in [0.5, 0.6) is 0 Å². The van der Waals surface area contributed by atoms with Crippen LogP contribution in [0.2, 0.25) is 0 Å². The maximum Gasteiger partial charge on any atom is 0.247 e. The Balaban J connectivity index is 1.87. The Bertz CT molecular complexity index is 703. The molecule has 124 valence electrons. The van der Waals surface area contributed by atoms with Gasteiger partial charge in [0.05, 0.1) is 5.69 Å². The number of carbonyl (C=O) groups excluding carboxylic acids is 1. The summed E-state index contributed by atoms with van der Waals surface area (Å²) >= 11 is 0. The van der Waals surface area contributed by atoms with Crippen molar-refractivity contribution in [2.24, 2.45) is 7.05 Å². The van der Waals surface area contributed by atoms with Gasteiger partial charge in [-0.15, -0.1) is 0 Å². The summed E-state index contributed by atoms with van der Waals surface area (Å²) in [5.74, 6) is 0.997. The number of hydrogen-bond donors (Lipinski definition) is 1. The maximum absolute atomic E-state index is 13.1. The molecule has 1 aliphatic rings.